The Labute approximate surface area is 99.0 Å². The van der Waals surface area contributed by atoms with E-state index in [0.29, 0.717) is 12.0 Å². The van der Waals surface area contributed by atoms with Crippen molar-refractivity contribution >= 4 is 17.1 Å². The number of Topliss-reactive ketones (excluding diaryl/α,β-unsaturated/α-hetero) is 1. The molecule has 2 rings (SSSR count). The van der Waals surface area contributed by atoms with Crippen LogP contribution in [-0.4, -0.2) is 10.8 Å². The molecule has 0 aliphatic heterocycles. The molecule has 0 N–H and O–H groups in total. The van der Waals surface area contributed by atoms with E-state index >= 15 is 0 Å². The number of carbonyl (C=O) groups excluding carboxylic acids is 1. The molecule has 0 aliphatic rings. The highest BCUT2D eigenvalue weighted by atomic mass is 32.1. The highest BCUT2D eigenvalue weighted by molar-refractivity contribution is 7.10. The number of rotatable bonds is 3. The Balaban J connectivity index is 2.11. The topological polar surface area (TPSA) is 30.0 Å². The van der Waals surface area contributed by atoms with Crippen molar-refractivity contribution < 1.29 is 4.79 Å². The van der Waals surface area contributed by atoms with E-state index < -0.39 is 0 Å². The van der Waals surface area contributed by atoms with Gasteiger partial charge in [-0.25, -0.2) is 0 Å². The van der Waals surface area contributed by atoms with Crippen LogP contribution in [0, 0.1) is 13.8 Å². The zero-order chi connectivity index (χ0) is 11.5. The lowest BCUT2D eigenvalue weighted by Crippen LogP contribution is -2.02. The van der Waals surface area contributed by atoms with Crippen LogP contribution < -0.4 is 0 Å². The summed E-state index contributed by atoms with van der Waals surface area (Å²) in [7, 11) is 0. The van der Waals surface area contributed by atoms with Gasteiger partial charge < -0.3 is 0 Å². The molecule has 0 amide bonds. The quantitative estimate of drug-likeness (QED) is 0.759. The SMILES string of the molecule is Cc1csc(CC(=O)c2ccc(C)nc2)c1. The summed E-state index contributed by atoms with van der Waals surface area (Å²) in [6.07, 6.45) is 2.13. The van der Waals surface area contributed by atoms with Gasteiger partial charge in [0.05, 0.1) is 0 Å². The highest BCUT2D eigenvalue weighted by Crippen LogP contribution is 2.16. The van der Waals surface area contributed by atoms with E-state index in [1.807, 2.05) is 26.0 Å². The Bertz CT molecular complexity index is 499. The van der Waals surface area contributed by atoms with Gasteiger partial charge in [0.2, 0.25) is 0 Å². The van der Waals surface area contributed by atoms with Crippen LogP contribution in [0.1, 0.15) is 26.5 Å². The fourth-order valence-corrected chi connectivity index (χ4v) is 2.35. The van der Waals surface area contributed by atoms with Gasteiger partial charge in [-0.1, -0.05) is 0 Å². The van der Waals surface area contributed by atoms with Crippen molar-refractivity contribution in [3.8, 4) is 0 Å². The second-order valence-corrected chi connectivity index (χ2v) is 4.87. The molecular weight excluding hydrogens is 218 g/mol. The third-order valence-corrected chi connectivity index (χ3v) is 3.41. The summed E-state index contributed by atoms with van der Waals surface area (Å²) >= 11 is 1.63. The van der Waals surface area contributed by atoms with Crippen LogP contribution in [0.5, 0.6) is 0 Å². The molecule has 0 saturated heterocycles. The molecule has 82 valence electrons. The lowest BCUT2D eigenvalue weighted by Gasteiger charge is -1.99. The molecule has 2 heterocycles. The first-order chi connectivity index (χ1) is 7.65. The summed E-state index contributed by atoms with van der Waals surface area (Å²) in [5, 5.41) is 2.07. The zero-order valence-corrected chi connectivity index (χ0v) is 10.2. The maximum atomic E-state index is 11.9. The van der Waals surface area contributed by atoms with Crippen LogP contribution in [-0.2, 0) is 6.42 Å². The van der Waals surface area contributed by atoms with E-state index in [1.165, 1.54) is 5.56 Å². The van der Waals surface area contributed by atoms with E-state index in [-0.39, 0.29) is 5.78 Å². The number of aryl methyl sites for hydroxylation is 2. The summed E-state index contributed by atoms with van der Waals surface area (Å²) < 4.78 is 0. The van der Waals surface area contributed by atoms with Gasteiger partial charge in [-0.2, -0.15) is 0 Å². The lowest BCUT2D eigenvalue weighted by molar-refractivity contribution is 0.0993. The normalized spacial score (nSPS) is 10.4. The van der Waals surface area contributed by atoms with Gasteiger partial charge in [0.1, 0.15) is 0 Å². The summed E-state index contributed by atoms with van der Waals surface area (Å²) in [6, 6.07) is 5.77. The number of thiophene rings is 1. The predicted octanol–water partition coefficient (Wildman–Crippen LogP) is 3.19. The van der Waals surface area contributed by atoms with E-state index in [4.69, 9.17) is 0 Å². The van der Waals surface area contributed by atoms with Crippen molar-refractivity contribution in [1.29, 1.82) is 0 Å². The Morgan fingerprint density at radius 3 is 2.75 bits per heavy atom. The van der Waals surface area contributed by atoms with Gasteiger partial charge in [-0.3, -0.25) is 9.78 Å². The second kappa shape index (κ2) is 4.58. The Hall–Kier alpha value is -1.48. The molecule has 0 radical (unpaired) electrons. The van der Waals surface area contributed by atoms with Crippen molar-refractivity contribution in [3.05, 3.63) is 51.5 Å². The van der Waals surface area contributed by atoms with Gasteiger partial charge in [0.15, 0.2) is 5.78 Å². The van der Waals surface area contributed by atoms with Gasteiger partial charge in [-0.05, 0) is 43.0 Å². The van der Waals surface area contributed by atoms with Crippen LogP contribution in [0.2, 0.25) is 0 Å². The minimum absolute atomic E-state index is 0.134. The van der Waals surface area contributed by atoms with Crippen LogP contribution in [0.25, 0.3) is 0 Å². The molecule has 2 aromatic heterocycles. The molecule has 16 heavy (non-hydrogen) atoms. The molecule has 3 heteroatoms. The number of carbonyl (C=O) groups is 1. The number of pyridine rings is 1. The second-order valence-electron chi connectivity index (χ2n) is 3.88. The average Bonchev–Trinajstić information content (AvgIpc) is 2.65. The van der Waals surface area contributed by atoms with Crippen molar-refractivity contribution in [1.82, 2.24) is 4.98 Å². The van der Waals surface area contributed by atoms with Gasteiger partial charge in [0.25, 0.3) is 0 Å². The number of hydrogen-bond acceptors (Lipinski definition) is 3. The molecule has 0 aliphatic carbocycles. The van der Waals surface area contributed by atoms with Gasteiger partial charge >= 0.3 is 0 Å². The maximum Gasteiger partial charge on any atom is 0.169 e. The fourth-order valence-electron chi connectivity index (χ4n) is 1.48. The largest absolute Gasteiger partial charge is 0.294 e. The minimum atomic E-state index is 0.134. The van der Waals surface area contributed by atoms with Crippen LogP contribution in [0.15, 0.2) is 29.8 Å². The van der Waals surface area contributed by atoms with E-state index in [2.05, 4.69) is 16.4 Å². The number of nitrogens with zero attached hydrogens (tertiary/aromatic N) is 1. The monoisotopic (exact) mass is 231 g/mol. The molecule has 0 unspecified atom stereocenters. The van der Waals surface area contributed by atoms with E-state index in [9.17, 15) is 4.79 Å². The van der Waals surface area contributed by atoms with Crippen molar-refractivity contribution in [2.24, 2.45) is 0 Å². The summed E-state index contributed by atoms with van der Waals surface area (Å²) in [6.45, 7) is 3.95. The number of aromatic nitrogens is 1. The van der Waals surface area contributed by atoms with Crippen molar-refractivity contribution in [3.63, 3.8) is 0 Å². The number of ketones is 1. The first-order valence-corrected chi connectivity index (χ1v) is 6.03. The van der Waals surface area contributed by atoms with Crippen molar-refractivity contribution in [2.75, 3.05) is 0 Å². The fraction of sp³-hybridized carbons (Fsp3) is 0.231. The summed E-state index contributed by atoms with van der Waals surface area (Å²) in [5.41, 5.74) is 2.84. The molecule has 0 atom stereocenters. The Morgan fingerprint density at radius 2 is 2.19 bits per heavy atom. The average molecular weight is 231 g/mol. The summed E-state index contributed by atoms with van der Waals surface area (Å²) in [4.78, 5) is 17.1. The van der Waals surface area contributed by atoms with Gasteiger partial charge in [-0.15, -0.1) is 11.3 Å². The van der Waals surface area contributed by atoms with Crippen LogP contribution >= 0.6 is 11.3 Å². The first-order valence-electron chi connectivity index (χ1n) is 5.15. The van der Waals surface area contributed by atoms with E-state index in [1.54, 1.807) is 17.5 Å². The lowest BCUT2D eigenvalue weighted by atomic mass is 10.1. The molecular formula is C13H13NOS. The van der Waals surface area contributed by atoms with Crippen molar-refractivity contribution in [2.45, 2.75) is 20.3 Å². The highest BCUT2D eigenvalue weighted by Gasteiger charge is 2.08. The molecule has 0 fully saturated rings. The molecule has 2 nitrogen and oxygen atoms in total. The zero-order valence-electron chi connectivity index (χ0n) is 9.36. The predicted molar refractivity (Wildman–Crippen MR) is 66.1 cm³/mol. The minimum Gasteiger partial charge on any atom is -0.294 e. The van der Waals surface area contributed by atoms with Gasteiger partial charge in [0, 0.05) is 28.8 Å². The number of hydrogen-bond donors (Lipinski definition) is 0. The molecule has 0 spiro atoms. The molecule has 0 aromatic carbocycles. The molecule has 2 aromatic rings. The molecule has 0 saturated carbocycles. The first kappa shape index (κ1) is 11.0. The molecule has 0 bridgehead atoms. The maximum absolute atomic E-state index is 11.9. The third-order valence-electron chi connectivity index (χ3n) is 2.35. The Kier molecular flexibility index (Phi) is 3.15. The smallest absolute Gasteiger partial charge is 0.169 e. The van der Waals surface area contributed by atoms with E-state index in [0.717, 1.165) is 10.6 Å². The van der Waals surface area contributed by atoms with Crippen LogP contribution in [0.3, 0.4) is 0 Å². The third kappa shape index (κ3) is 2.55. The van der Waals surface area contributed by atoms with Crippen LogP contribution in [0.4, 0.5) is 0 Å². The standard InChI is InChI=1S/C13H13NOS/c1-9-5-12(16-8-9)6-13(15)11-4-3-10(2)14-7-11/h3-5,7-8H,6H2,1-2H3. The summed E-state index contributed by atoms with van der Waals surface area (Å²) in [5.74, 6) is 0.134. The Morgan fingerprint density at radius 1 is 1.38 bits per heavy atom.